The second kappa shape index (κ2) is 6.68. The highest BCUT2D eigenvalue weighted by molar-refractivity contribution is 6.32. The van der Waals surface area contributed by atoms with Crippen LogP contribution < -0.4 is 9.64 Å². The molecular weight excluding hydrogens is 351 g/mol. The molecule has 2 heterocycles. The monoisotopic (exact) mass is 366 g/mol. The molecular formula is C20H15FN2O4. The molecule has 136 valence electrons. The van der Waals surface area contributed by atoms with Crippen molar-refractivity contribution in [3.05, 3.63) is 72.6 Å². The maximum Gasteiger partial charge on any atom is 0.278 e. The molecule has 6 nitrogen and oxygen atoms in total. The van der Waals surface area contributed by atoms with Crippen LogP contribution in [0.2, 0.25) is 0 Å². The van der Waals surface area contributed by atoms with Crippen LogP contribution in [-0.2, 0) is 14.4 Å². The summed E-state index contributed by atoms with van der Waals surface area (Å²) >= 11 is 0. The summed E-state index contributed by atoms with van der Waals surface area (Å²) in [5.74, 6) is -1.59. The maximum absolute atomic E-state index is 13.1. The normalized spacial score (nSPS) is 20.9. The van der Waals surface area contributed by atoms with E-state index in [1.165, 1.54) is 24.3 Å². The number of nitrogens with zero attached hydrogens (tertiary/aromatic N) is 2. The van der Waals surface area contributed by atoms with E-state index in [2.05, 4.69) is 11.7 Å². The van der Waals surface area contributed by atoms with Crippen molar-refractivity contribution in [2.75, 3.05) is 11.5 Å². The standard InChI is InChI=1S/C20H15FN2O4/c1-2-11-26-15-9-3-12(4-10-15)17-16-18(27-22-17)20(25)23(19(16)24)14-7-5-13(21)6-8-14/h2-10,16,18H,1,11H2. The number of hydrogen-bond donors (Lipinski definition) is 0. The first kappa shape index (κ1) is 17.0. The molecule has 0 radical (unpaired) electrons. The number of carbonyl (C=O) groups is 2. The van der Waals surface area contributed by atoms with Crippen LogP contribution in [0.5, 0.6) is 5.75 Å². The van der Waals surface area contributed by atoms with Crippen LogP contribution >= 0.6 is 0 Å². The van der Waals surface area contributed by atoms with E-state index in [0.29, 0.717) is 29.3 Å². The van der Waals surface area contributed by atoms with Gasteiger partial charge in [-0.05, 0) is 48.5 Å². The van der Waals surface area contributed by atoms with Crippen molar-refractivity contribution in [2.45, 2.75) is 6.10 Å². The van der Waals surface area contributed by atoms with Crippen molar-refractivity contribution in [3.63, 3.8) is 0 Å². The summed E-state index contributed by atoms with van der Waals surface area (Å²) in [5.41, 5.74) is 1.35. The largest absolute Gasteiger partial charge is 0.490 e. The zero-order valence-electron chi connectivity index (χ0n) is 14.2. The minimum atomic E-state index is -1.01. The van der Waals surface area contributed by atoms with Gasteiger partial charge in [-0.2, -0.15) is 0 Å². The number of anilines is 1. The molecule has 7 heteroatoms. The lowest BCUT2D eigenvalue weighted by Crippen LogP contribution is -2.33. The van der Waals surface area contributed by atoms with Crippen LogP contribution in [0.3, 0.4) is 0 Å². The molecule has 27 heavy (non-hydrogen) atoms. The number of benzene rings is 2. The first-order valence-corrected chi connectivity index (χ1v) is 8.31. The summed E-state index contributed by atoms with van der Waals surface area (Å²) in [6.45, 7) is 3.97. The van der Waals surface area contributed by atoms with Gasteiger partial charge in [0.25, 0.3) is 5.91 Å². The molecule has 0 bridgehead atoms. The summed E-state index contributed by atoms with van der Waals surface area (Å²) in [6, 6.07) is 12.1. The van der Waals surface area contributed by atoms with Crippen molar-refractivity contribution >= 4 is 23.2 Å². The Morgan fingerprint density at radius 2 is 1.81 bits per heavy atom. The molecule has 2 amide bonds. The number of carbonyl (C=O) groups excluding carboxylic acids is 2. The Bertz CT molecular complexity index is 937. The Kier molecular flexibility index (Phi) is 4.19. The van der Waals surface area contributed by atoms with Crippen molar-refractivity contribution in [2.24, 2.45) is 11.1 Å². The molecule has 2 aliphatic heterocycles. The SMILES string of the molecule is C=CCOc1ccc(C2=NOC3C(=O)N(c4ccc(F)cc4)C(=O)C23)cc1. The molecule has 2 unspecified atom stereocenters. The average molecular weight is 366 g/mol. The average Bonchev–Trinajstić information content (AvgIpc) is 3.22. The fourth-order valence-corrected chi connectivity index (χ4v) is 3.14. The number of ether oxygens (including phenoxy) is 1. The van der Waals surface area contributed by atoms with E-state index < -0.39 is 29.7 Å². The molecule has 0 spiro atoms. The van der Waals surface area contributed by atoms with Gasteiger partial charge in [-0.3, -0.25) is 9.59 Å². The Morgan fingerprint density at radius 3 is 2.48 bits per heavy atom. The van der Waals surface area contributed by atoms with Gasteiger partial charge in [0.05, 0.1) is 5.69 Å². The van der Waals surface area contributed by atoms with Crippen molar-refractivity contribution in [1.29, 1.82) is 0 Å². The summed E-state index contributed by atoms with van der Waals surface area (Å²) in [4.78, 5) is 31.8. The molecule has 1 saturated heterocycles. The number of fused-ring (bicyclic) bond motifs is 1. The minimum Gasteiger partial charge on any atom is -0.490 e. The van der Waals surface area contributed by atoms with E-state index in [9.17, 15) is 14.0 Å². The number of imide groups is 1. The fourth-order valence-electron chi connectivity index (χ4n) is 3.14. The topological polar surface area (TPSA) is 68.2 Å². The lowest BCUT2D eigenvalue weighted by atomic mass is 9.94. The Hall–Kier alpha value is -3.48. The highest BCUT2D eigenvalue weighted by Gasteiger charge is 2.56. The van der Waals surface area contributed by atoms with E-state index in [-0.39, 0.29) is 0 Å². The lowest BCUT2D eigenvalue weighted by Gasteiger charge is -2.15. The van der Waals surface area contributed by atoms with Gasteiger partial charge < -0.3 is 9.57 Å². The number of amides is 2. The first-order valence-electron chi connectivity index (χ1n) is 8.31. The molecule has 0 N–H and O–H groups in total. The van der Waals surface area contributed by atoms with Gasteiger partial charge >= 0.3 is 0 Å². The van der Waals surface area contributed by atoms with Crippen molar-refractivity contribution in [1.82, 2.24) is 0 Å². The lowest BCUT2D eigenvalue weighted by molar-refractivity contribution is -0.126. The second-order valence-corrected chi connectivity index (χ2v) is 6.09. The second-order valence-electron chi connectivity index (χ2n) is 6.09. The Balaban J connectivity index is 1.60. The molecule has 2 aromatic carbocycles. The fraction of sp³-hybridized carbons (Fsp3) is 0.150. The number of oxime groups is 1. The molecule has 2 aromatic rings. The van der Waals surface area contributed by atoms with Crippen LogP contribution in [-0.4, -0.2) is 30.2 Å². The summed E-state index contributed by atoms with van der Waals surface area (Å²) in [6.07, 6.45) is 0.634. The van der Waals surface area contributed by atoms with Gasteiger partial charge in [0.15, 0.2) is 0 Å². The van der Waals surface area contributed by atoms with Crippen LogP contribution in [0.25, 0.3) is 0 Å². The predicted molar refractivity (Wildman–Crippen MR) is 95.9 cm³/mol. The number of halogens is 1. The summed E-state index contributed by atoms with van der Waals surface area (Å²) in [5, 5.41) is 3.96. The van der Waals surface area contributed by atoms with E-state index in [1.54, 1.807) is 30.3 Å². The third kappa shape index (κ3) is 2.87. The zero-order valence-corrected chi connectivity index (χ0v) is 14.2. The zero-order chi connectivity index (χ0) is 19.0. The van der Waals surface area contributed by atoms with Gasteiger partial charge in [0.2, 0.25) is 12.0 Å². The van der Waals surface area contributed by atoms with Crippen LogP contribution in [0.15, 0.2) is 66.3 Å². The molecule has 0 aromatic heterocycles. The molecule has 4 rings (SSSR count). The third-order valence-corrected chi connectivity index (χ3v) is 4.41. The van der Waals surface area contributed by atoms with Crippen LogP contribution in [0.4, 0.5) is 10.1 Å². The van der Waals surface area contributed by atoms with Crippen LogP contribution in [0.1, 0.15) is 5.56 Å². The molecule has 2 aliphatic rings. The van der Waals surface area contributed by atoms with E-state index in [1.807, 2.05) is 0 Å². The molecule has 0 aliphatic carbocycles. The predicted octanol–water partition coefficient (Wildman–Crippen LogP) is 2.68. The summed E-state index contributed by atoms with van der Waals surface area (Å²) < 4.78 is 18.6. The maximum atomic E-state index is 13.1. The highest BCUT2D eigenvalue weighted by atomic mass is 19.1. The molecule has 0 saturated carbocycles. The Labute approximate surface area is 154 Å². The number of rotatable bonds is 5. The van der Waals surface area contributed by atoms with Crippen molar-refractivity contribution in [3.8, 4) is 5.75 Å². The van der Waals surface area contributed by atoms with Gasteiger partial charge in [-0.25, -0.2) is 9.29 Å². The number of hydrogen-bond acceptors (Lipinski definition) is 5. The van der Waals surface area contributed by atoms with Crippen molar-refractivity contribution < 1.29 is 23.6 Å². The van der Waals surface area contributed by atoms with E-state index in [0.717, 1.165) is 4.90 Å². The van der Waals surface area contributed by atoms with E-state index in [4.69, 9.17) is 9.57 Å². The Morgan fingerprint density at radius 1 is 1.11 bits per heavy atom. The van der Waals surface area contributed by atoms with Gasteiger partial charge in [-0.1, -0.05) is 17.8 Å². The first-order chi connectivity index (χ1) is 13.1. The quantitative estimate of drug-likeness (QED) is 0.603. The molecule has 2 atom stereocenters. The minimum absolute atomic E-state index is 0.303. The smallest absolute Gasteiger partial charge is 0.278 e. The summed E-state index contributed by atoms with van der Waals surface area (Å²) in [7, 11) is 0. The highest BCUT2D eigenvalue weighted by Crippen LogP contribution is 2.35. The van der Waals surface area contributed by atoms with Gasteiger partial charge in [0, 0.05) is 5.56 Å². The van der Waals surface area contributed by atoms with Gasteiger partial charge in [-0.15, -0.1) is 0 Å². The van der Waals surface area contributed by atoms with E-state index >= 15 is 0 Å². The third-order valence-electron chi connectivity index (χ3n) is 4.41. The van der Waals surface area contributed by atoms with Crippen LogP contribution in [0, 0.1) is 11.7 Å². The molecule has 1 fully saturated rings. The van der Waals surface area contributed by atoms with Gasteiger partial charge in [0.1, 0.15) is 29.8 Å².